The van der Waals surface area contributed by atoms with E-state index in [2.05, 4.69) is 47.9 Å². The van der Waals surface area contributed by atoms with Crippen LogP contribution in [0.15, 0.2) is 30.3 Å². The highest BCUT2D eigenvalue weighted by Crippen LogP contribution is 2.42. The quantitative estimate of drug-likeness (QED) is 0.810. The largest absolute Gasteiger partial charge is 0.376 e. The van der Waals surface area contributed by atoms with Crippen LogP contribution in [0.3, 0.4) is 0 Å². The number of ether oxygens (including phenoxy) is 1. The van der Waals surface area contributed by atoms with E-state index in [1.54, 1.807) is 0 Å². The molecule has 0 aliphatic carbocycles. The van der Waals surface area contributed by atoms with Crippen molar-refractivity contribution in [3.63, 3.8) is 0 Å². The first-order valence-electron chi connectivity index (χ1n) is 10.6. The second kappa shape index (κ2) is 7.56. The molecule has 1 amide bonds. The first-order valence-corrected chi connectivity index (χ1v) is 10.6. The van der Waals surface area contributed by atoms with Crippen molar-refractivity contribution in [1.82, 2.24) is 9.80 Å². The van der Waals surface area contributed by atoms with Crippen molar-refractivity contribution in [2.75, 3.05) is 32.8 Å². The van der Waals surface area contributed by atoms with Crippen LogP contribution in [0.4, 0.5) is 0 Å². The third kappa shape index (κ3) is 4.55. The molecule has 27 heavy (non-hydrogen) atoms. The Morgan fingerprint density at radius 2 is 1.89 bits per heavy atom. The minimum Gasteiger partial charge on any atom is -0.376 e. The number of hydrogen-bond acceptors (Lipinski definition) is 3. The summed E-state index contributed by atoms with van der Waals surface area (Å²) < 4.78 is 5.87. The van der Waals surface area contributed by atoms with Gasteiger partial charge in [0.25, 0.3) is 0 Å². The van der Waals surface area contributed by atoms with Crippen molar-refractivity contribution in [2.24, 2.45) is 11.3 Å². The number of piperidine rings is 1. The van der Waals surface area contributed by atoms with Gasteiger partial charge in [0.2, 0.25) is 5.91 Å². The van der Waals surface area contributed by atoms with Crippen molar-refractivity contribution >= 4 is 5.91 Å². The summed E-state index contributed by atoms with van der Waals surface area (Å²) in [7, 11) is 0. The molecule has 3 heterocycles. The van der Waals surface area contributed by atoms with Crippen molar-refractivity contribution < 1.29 is 9.53 Å². The van der Waals surface area contributed by atoms with Gasteiger partial charge in [-0.05, 0) is 69.5 Å². The summed E-state index contributed by atoms with van der Waals surface area (Å²) in [6.07, 6.45) is 5.43. The molecular formula is C23H34N2O2. The standard InChI is InChI=1S/C23H34N2O2/c1-22(2)14-20(8-13-27-22)16-24-11-9-23(10-12-24)15-21(26)25(18-23)17-19-6-4-3-5-7-19/h3-7,20H,8-18H2,1-2H3/t20-/m1/s1. The minimum absolute atomic E-state index is 0.0374. The number of likely N-dealkylation sites (tertiary alicyclic amines) is 2. The van der Waals surface area contributed by atoms with E-state index in [9.17, 15) is 4.79 Å². The Kier molecular flexibility index (Phi) is 5.30. The summed E-state index contributed by atoms with van der Waals surface area (Å²) in [6, 6.07) is 10.4. The molecule has 4 heteroatoms. The normalized spacial score (nSPS) is 28.0. The summed E-state index contributed by atoms with van der Waals surface area (Å²) in [5.74, 6) is 1.10. The van der Waals surface area contributed by atoms with E-state index in [4.69, 9.17) is 4.74 Å². The van der Waals surface area contributed by atoms with Gasteiger partial charge in [-0.2, -0.15) is 0 Å². The van der Waals surface area contributed by atoms with Crippen LogP contribution >= 0.6 is 0 Å². The summed E-state index contributed by atoms with van der Waals surface area (Å²) >= 11 is 0. The molecule has 4 nitrogen and oxygen atoms in total. The van der Waals surface area contributed by atoms with Crippen LogP contribution in [0.25, 0.3) is 0 Å². The van der Waals surface area contributed by atoms with Gasteiger partial charge in [0.05, 0.1) is 5.60 Å². The van der Waals surface area contributed by atoms with E-state index in [1.807, 2.05) is 6.07 Å². The van der Waals surface area contributed by atoms with E-state index in [0.29, 0.717) is 5.91 Å². The van der Waals surface area contributed by atoms with Crippen LogP contribution < -0.4 is 0 Å². The molecule has 1 aromatic carbocycles. The Balaban J connectivity index is 1.29. The molecule has 3 aliphatic heterocycles. The third-order valence-corrected chi connectivity index (χ3v) is 6.85. The summed E-state index contributed by atoms with van der Waals surface area (Å²) in [6.45, 7) is 10.5. The van der Waals surface area contributed by atoms with Crippen molar-refractivity contribution in [3.8, 4) is 0 Å². The molecule has 148 valence electrons. The molecule has 1 atom stereocenters. The highest BCUT2D eigenvalue weighted by Gasteiger charge is 2.45. The molecule has 0 bridgehead atoms. The van der Waals surface area contributed by atoms with Crippen LogP contribution in [0, 0.1) is 11.3 Å². The number of amides is 1. The predicted molar refractivity (Wildman–Crippen MR) is 107 cm³/mol. The number of hydrogen-bond donors (Lipinski definition) is 0. The van der Waals surface area contributed by atoms with Crippen LogP contribution in [-0.2, 0) is 16.1 Å². The third-order valence-electron chi connectivity index (χ3n) is 6.85. The predicted octanol–water partition coefficient (Wildman–Crippen LogP) is 3.71. The van der Waals surface area contributed by atoms with Gasteiger partial charge in [0.15, 0.2) is 0 Å². The molecule has 3 aliphatic rings. The molecule has 0 unspecified atom stereocenters. The monoisotopic (exact) mass is 370 g/mol. The molecule has 3 saturated heterocycles. The Hall–Kier alpha value is -1.39. The second-order valence-corrected chi connectivity index (χ2v) is 9.68. The molecule has 0 aromatic heterocycles. The first-order chi connectivity index (χ1) is 12.9. The second-order valence-electron chi connectivity index (χ2n) is 9.68. The van der Waals surface area contributed by atoms with Gasteiger partial charge in [0, 0.05) is 32.7 Å². The molecule has 0 N–H and O–H groups in total. The lowest BCUT2D eigenvalue weighted by Crippen LogP contribution is -2.45. The maximum Gasteiger partial charge on any atom is 0.223 e. The van der Waals surface area contributed by atoms with Gasteiger partial charge in [-0.1, -0.05) is 30.3 Å². The molecule has 4 rings (SSSR count). The maximum atomic E-state index is 12.6. The van der Waals surface area contributed by atoms with E-state index in [0.717, 1.165) is 64.4 Å². The van der Waals surface area contributed by atoms with Crippen LogP contribution in [0.5, 0.6) is 0 Å². The van der Waals surface area contributed by atoms with Gasteiger partial charge in [0.1, 0.15) is 0 Å². The van der Waals surface area contributed by atoms with E-state index in [-0.39, 0.29) is 11.0 Å². The number of carbonyl (C=O) groups is 1. The highest BCUT2D eigenvalue weighted by molar-refractivity contribution is 5.79. The number of nitrogens with zero attached hydrogens (tertiary/aromatic N) is 2. The average Bonchev–Trinajstić information content (AvgIpc) is 2.92. The smallest absolute Gasteiger partial charge is 0.223 e. The van der Waals surface area contributed by atoms with Crippen LogP contribution in [-0.4, -0.2) is 54.1 Å². The fourth-order valence-corrected chi connectivity index (χ4v) is 5.35. The van der Waals surface area contributed by atoms with Gasteiger partial charge in [-0.25, -0.2) is 0 Å². The SMILES string of the molecule is CC1(C)C[C@H](CN2CCC3(CC2)CC(=O)N(Cc2ccccc2)C3)CCO1. The average molecular weight is 371 g/mol. The summed E-state index contributed by atoms with van der Waals surface area (Å²) in [4.78, 5) is 17.4. The van der Waals surface area contributed by atoms with E-state index in [1.165, 1.54) is 18.5 Å². The van der Waals surface area contributed by atoms with E-state index < -0.39 is 0 Å². The zero-order chi connectivity index (χ0) is 18.9. The zero-order valence-electron chi connectivity index (χ0n) is 17.0. The number of benzene rings is 1. The fraction of sp³-hybridized carbons (Fsp3) is 0.696. The molecule has 3 fully saturated rings. The van der Waals surface area contributed by atoms with Crippen molar-refractivity contribution in [1.29, 1.82) is 0 Å². The Labute approximate surface area is 163 Å². The topological polar surface area (TPSA) is 32.8 Å². The number of carbonyl (C=O) groups excluding carboxylic acids is 1. The van der Waals surface area contributed by atoms with Crippen LogP contribution in [0.2, 0.25) is 0 Å². The molecule has 1 aromatic rings. The lowest BCUT2D eigenvalue weighted by atomic mass is 9.77. The van der Waals surface area contributed by atoms with Gasteiger partial charge in [-0.3, -0.25) is 4.79 Å². The molecule has 0 radical (unpaired) electrons. The Morgan fingerprint density at radius 3 is 2.59 bits per heavy atom. The van der Waals surface area contributed by atoms with E-state index >= 15 is 0 Å². The Morgan fingerprint density at radius 1 is 1.15 bits per heavy atom. The lowest BCUT2D eigenvalue weighted by Gasteiger charge is -2.42. The molecule has 0 saturated carbocycles. The highest BCUT2D eigenvalue weighted by atomic mass is 16.5. The first kappa shape index (κ1) is 18.9. The van der Waals surface area contributed by atoms with Crippen LogP contribution in [0.1, 0.15) is 51.5 Å². The van der Waals surface area contributed by atoms with Crippen molar-refractivity contribution in [3.05, 3.63) is 35.9 Å². The zero-order valence-corrected chi connectivity index (χ0v) is 17.0. The summed E-state index contributed by atoms with van der Waals surface area (Å²) in [5, 5.41) is 0. The van der Waals surface area contributed by atoms with Gasteiger partial charge >= 0.3 is 0 Å². The van der Waals surface area contributed by atoms with Gasteiger partial charge in [-0.15, -0.1) is 0 Å². The maximum absolute atomic E-state index is 12.6. The fourth-order valence-electron chi connectivity index (χ4n) is 5.35. The molecule has 1 spiro atoms. The van der Waals surface area contributed by atoms with Crippen molar-refractivity contribution in [2.45, 2.75) is 58.1 Å². The number of rotatable bonds is 4. The minimum atomic E-state index is 0.0374. The molecular weight excluding hydrogens is 336 g/mol. The Bertz CT molecular complexity index is 650. The summed E-state index contributed by atoms with van der Waals surface area (Å²) in [5.41, 5.74) is 1.50. The van der Waals surface area contributed by atoms with Gasteiger partial charge < -0.3 is 14.5 Å². The lowest BCUT2D eigenvalue weighted by molar-refractivity contribution is -0.128.